The van der Waals surface area contributed by atoms with Gasteiger partial charge in [-0.25, -0.2) is 0 Å². The number of hydrogen-bond donors (Lipinski definition) is 0. The minimum atomic E-state index is -0.0289. The third-order valence-electron chi connectivity index (χ3n) is 2.91. The molecule has 0 radical (unpaired) electrons. The molecular formula is C18H26N2. The van der Waals surface area contributed by atoms with Crippen molar-refractivity contribution in [1.29, 1.82) is 0 Å². The summed E-state index contributed by atoms with van der Waals surface area (Å²) in [6.45, 7) is 19.1. The molecule has 2 nitrogen and oxygen atoms in total. The van der Waals surface area contributed by atoms with Crippen LogP contribution in [0.25, 0.3) is 0 Å². The second kappa shape index (κ2) is 6.56. The zero-order valence-corrected chi connectivity index (χ0v) is 13.4. The summed E-state index contributed by atoms with van der Waals surface area (Å²) in [4.78, 5) is 0. The molecule has 0 atom stereocenters. The third-order valence-corrected chi connectivity index (χ3v) is 2.91. The first-order valence-electron chi connectivity index (χ1n) is 6.94. The van der Waals surface area contributed by atoms with Crippen molar-refractivity contribution in [2.75, 3.05) is 11.6 Å². The Morgan fingerprint density at radius 2 is 2.00 bits per heavy atom. The van der Waals surface area contributed by atoms with Gasteiger partial charge in [0.05, 0.1) is 17.9 Å². The van der Waals surface area contributed by atoms with Gasteiger partial charge in [0.2, 0.25) is 0 Å². The van der Waals surface area contributed by atoms with Gasteiger partial charge in [-0.1, -0.05) is 51.6 Å². The fourth-order valence-electron chi connectivity index (χ4n) is 1.86. The predicted octanol–water partition coefficient (Wildman–Crippen LogP) is 4.97. The SMILES string of the molecule is C=C/C(=N\N(CC(=C)C)c1cccc(C)c1)C(C)(C)C. The minimum absolute atomic E-state index is 0.0289. The summed E-state index contributed by atoms with van der Waals surface area (Å²) in [5, 5.41) is 6.79. The highest BCUT2D eigenvalue weighted by molar-refractivity contribution is 5.99. The van der Waals surface area contributed by atoms with Gasteiger partial charge >= 0.3 is 0 Å². The lowest BCUT2D eigenvalue weighted by atomic mass is 9.90. The van der Waals surface area contributed by atoms with E-state index in [1.54, 1.807) is 0 Å². The summed E-state index contributed by atoms with van der Waals surface area (Å²) in [5.41, 5.74) is 4.32. The van der Waals surface area contributed by atoms with E-state index in [4.69, 9.17) is 5.10 Å². The lowest BCUT2D eigenvalue weighted by Crippen LogP contribution is -2.26. The molecule has 0 spiro atoms. The Labute approximate surface area is 123 Å². The summed E-state index contributed by atoms with van der Waals surface area (Å²) in [6, 6.07) is 8.35. The zero-order valence-electron chi connectivity index (χ0n) is 13.4. The summed E-state index contributed by atoms with van der Waals surface area (Å²) < 4.78 is 0. The predicted molar refractivity (Wildman–Crippen MR) is 90.4 cm³/mol. The average Bonchev–Trinajstić information content (AvgIpc) is 2.32. The second-order valence-electron chi connectivity index (χ2n) is 6.29. The van der Waals surface area contributed by atoms with Gasteiger partial charge in [-0.15, -0.1) is 0 Å². The molecular weight excluding hydrogens is 244 g/mol. The minimum Gasteiger partial charge on any atom is -0.261 e. The molecule has 0 bridgehead atoms. The number of nitrogens with zero attached hydrogens (tertiary/aromatic N) is 2. The van der Waals surface area contributed by atoms with E-state index in [-0.39, 0.29) is 5.41 Å². The topological polar surface area (TPSA) is 15.6 Å². The molecule has 1 rings (SSSR count). The molecule has 0 N–H and O–H groups in total. The highest BCUT2D eigenvalue weighted by Gasteiger charge is 2.18. The largest absolute Gasteiger partial charge is 0.261 e. The van der Waals surface area contributed by atoms with Gasteiger partial charge in [0.1, 0.15) is 0 Å². The summed E-state index contributed by atoms with van der Waals surface area (Å²) in [6.07, 6.45) is 1.83. The van der Waals surface area contributed by atoms with Crippen molar-refractivity contribution in [1.82, 2.24) is 0 Å². The third kappa shape index (κ3) is 4.69. The van der Waals surface area contributed by atoms with Gasteiger partial charge in [-0.3, -0.25) is 5.01 Å². The van der Waals surface area contributed by atoms with Gasteiger partial charge in [0.25, 0.3) is 0 Å². The fourth-order valence-corrected chi connectivity index (χ4v) is 1.86. The first-order chi connectivity index (χ1) is 9.24. The van der Waals surface area contributed by atoms with Crippen LogP contribution in [0.3, 0.4) is 0 Å². The molecule has 0 saturated carbocycles. The standard InChI is InChI=1S/C18H26N2/c1-8-17(18(5,6)7)19-20(13-14(2)3)16-11-9-10-15(4)12-16/h8-12H,1-2,13H2,3-7H3/b19-17+. The van der Waals surface area contributed by atoms with Crippen LogP contribution in [-0.2, 0) is 0 Å². The normalized spacial score (nSPS) is 12.2. The summed E-state index contributed by atoms with van der Waals surface area (Å²) in [5.74, 6) is 0. The van der Waals surface area contributed by atoms with Crippen molar-refractivity contribution >= 4 is 11.4 Å². The highest BCUT2D eigenvalue weighted by Crippen LogP contribution is 2.22. The number of allylic oxidation sites excluding steroid dienone is 1. The molecule has 0 aliphatic heterocycles. The first kappa shape index (κ1) is 16.2. The smallest absolute Gasteiger partial charge is 0.0657 e. The number of aryl methyl sites for hydroxylation is 1. The number of hydrogen-bond acceptors (Lipinski definition) is 2. The molecule has 1 aromatic carbocycles. The van der Waals surface area contributed by atoms with E-state index < -0.39 is 0 Å². The fraction of sp³-hybridized carbons (Fsp3) is 0.389. The Bertz CT molecular complexity index is 518. The van der Waals surface area contributed by atoms with Crippen molar-refractivity contribution in [2.45, 2.75) is 34.6 Å². The van der Waals surface area contributed by atoms with Gasteiger partial charge in [-0.2, -0.15) is 5.10 Å². The maximum absolute atomic E-state index is 4.79. The van der Waals surface area contributed by atoms with E-state index in [0.717, 1.165) is 17.0 Å². The lowest BCUT2D eigenvalue weighted by molar-refractivity contribution is 0.589. The van der Waals surface area contributed by atoms with Crippen molar-refractivity contribution in [3.63, 3.8) is 0 Å². The molecule has 0 aliphatic rings. The number of rotatable bonds is 5. The molecule has 0 aromatic heterocycles. The molecule has 108 valence electrons. The molecule has 0 heterocycles. The zero-order chi connectivity index (χ0) is 15.3. The van der Waals surface area contributed by atoms with Crippen LogP contribution < -0.4 is 5.01 Å². The summed E-state index contributed by atoms with van der Waals surface area (Å²) >= 11 is 0. The number of hydrazone groups is 1. The van der Waals surface area contributed by atoms with Crippen LogP contribution in [0.5, 0.6) is 0 Å². The van der Waals surface area contributed by atoms with E-state index in [0.29, 0.717) is 6.54 Å². The van der Waals surface area contributed by atoms with E-state index in [9.17, 15) is 0 Å². The van der Waals surface area contributed by atoms with E-state index in [2.05, 4.69) is 65.1 Å². The maximum Gasteiger partial charge on any atom is 0.0657 e. The monoisotopic (exact) mass is 270 g/mol. The van der Waals surface area contributed by atoms with Crippen LogP contribution >= 0.6 is 0 Å². The van der Waals surface area contributed by atoms with Crippen LogP contribution in [0.1, 0.15) is 33.3 Å². The molecule has 0 amide bonds. The van der Waals surface area contributed by atoms with Gasteiger partial charge in [0.15, 0.2) is 0 Å². The van der Waals surface area contributed by atoms with Gasteiger partial charge in [0, 0.05) is 5.41 Å². The Balaban J connectivity index is 3.22. The lowest BCUT2D eigenvalue weighted by Gasteiger charge is -2.25. The average molecular weight is 270 g/mol. The van der Waals surface area contributed by atoms with Crippen LogP contribution in [0.2, 0.25) is 0 Å². The Hall–Kier alpha value is -1.83. The molecule has 0 aliphatic carbocycles. The van der Waals surface area contributed by atoms with Crippen LogP contribution in [-0.4, -0.2) is 12.3 Å². The van der Waals surface area contributed by atoms with Crippen molar-refractivity contribution < 1.29 is 0 Å². The molecule has 0 unspecified atom stereocenters. The van der Waals surface area contributed by atoms with Gasteiger partial charge in [-0.05, 0) is 37.6 Å². The van der Waals surface area contributed by atoms with E-state index in [1.165, 1.54) is 5.56 Å². The molecule has 2 heteroatoms. The summed E-state index contributed by atoms with van der Waals surface area (Å²) in [7, 11) is 0. The molecule has 1 aromatic rings. The second-order valence-corrected chi connectivity index (χ2v) is 6.29. The van der Waals surface area contributed by atoms with E-state index in [1.807, 2.05) is 18.0 Å². The highest BCUT2D eigenvalue weighted by atomic mass is 15.5. The van der Waals surface area contributed by atoms with Crippen molar-refractivity contribution in [3.05, 3.63) is 54.6 Å². The number of anilines is 1. The Morgan fingerprint density at radius 1 is 1.35 bits per heavy atom. The quantitative estimate of drug-likeness (QED) is 0.419. The van der Waals surface area contributed by atoms with Crippen molar-refractivity contribution in [3.8, 4) is 0 Å². The molecule has 0 saturated heterocycles. The first-order valence-corrected chi connectivity index (χ1v) is 6.94. The molecule has 0 fully saturated rings. The van der Waals surface area contributed by atoms with Gasteiger partial charge < -0.3 is 0 Å². The number of benzene rings is 1. The molecule has 20 heavy (non-hydrogen) atoms. The Morgan fingerprint density at radius 3 is 2.45 bits per heavy atom. The Kier molecular flexibility index (Phi) is 5.32. The van der Waals surface area contributed by atoms with E-state index >= 15 is 0 Å². The van der Waals surface area contributed by atoms with Crippen LogP contribution in [0.15, 0.2) is 54.2 Å². The van der Waals surface area contributed by atoms with Crippen LogP contribution in [0, 0.1) is 12.3 Å². The van der Waals surface area contributed by atoms with Crippen LogP contribution in [0.4, 0.5) is 5.69 Å². The van der Waals surface area contributed by atoms with Crippen molar-refractivity contribution in [2.24, 2.45) is 10.5 Å². The maximum atomic E-state index is 4.79.